The molecule has 0 unspecified atom stereocenters. The topological polar surface area (TPSA) is 12.4 Å². The van der Waals surface area contributed by atoms with Crippen molar-refractivity contribution < 1.29 is 17.6 Å². The minimum Gasteiger partial charge on any atom is -0.256 e. The molecule has 1 nitrogen and oxygen atoms in total. The van der Waals surface area contributed by atoms with E-state index in [1.54, 1.807) is 0 Å². The van der Waals surface area contributed by atoms with Gasteiger partial charge in [-0.2, -0.15) is 0 Å². The fraction of sp³-hybridized carbons (Fsp3) is 0. The number of rotatable bonds is 2. The first-order chi connectivity index (χ1) is 8.56. The van der Waals surface area contributed by atoms with E-state index in [2.05, 4.69) is 4.99 Å². The van der Waals surface area contributed by atoms with E-state index in [9.17, 15) is 17.6 Å². The summed E-state index contributed by atoms with van der Waals surface area (Å²) >= 11 is 0. The Labute approximate surface area is 100 Å². The van der Waals surface area contributed by atoms with Crippen LogP contribution in [-0.4, -0.2) is 6.21 Å². The summed E-state index contributed by atoms with van der Waals surface area (Å²) in [5, 5.41) is 0. The highest BCUT2D eigenvalue weighted by Gasteiger charge is 2.09. The minimum absolute atomic E-state index is 0.207. The zero-order chi connectivity index (χ0) is 13.1. The van der Waals surface area contributed by atoms with Crippen molar-refractivity contribution >= 4 is 11.9 Å². The van der Waals surface area contributed by atoms with Gasteiger partial charge in [0.2, 0.25) is 0 Å². The molecule has 0 bridgehead atoms. The van der Waals surface area contributed by atoms with Crippen LogP contribution in [0.5, 0.6) is 0 Å². The molecule has 2 rings (SSSR count). The third-order valence-electron chi connectivity index (χ3n) is 2.19. The van der Waals surface area contributed by atoms with Gasteiger partial charge >= 0.3 is 0 Å². The Morgan fingerprint density at radius 2 is 1.50 bits per heavy atom. The van der Waals surface area contributed by atoms with Gasteiger partial charge in [-0.3, -0.25) is 4.99 Å². The maximum absolute atomic E-state index is 13.2. The van der Waals surface area contributed by atoms with Crippen LogP contribution in [0.1, 0.15) is 5.56 Å². The molecule has 0 aliphatic rings. The lowest BCUT2D eigenvalue weighted by Gasteiger charge is -1.99. The van der Waals surface area contributed by atoms with E-state index < -0.39 is 28.8 Å². The molecule has 0 saturated carbocycles. The summed E-state index contributed by atoms with van der Waals surface area (Å²) in [6.07, 6.45) is 0.888. The van der Waals surface area contributed by atoms with Gasteiger partial charge in [0, 0.05) is 18.3 Å². The zero-order valence-electron chi connectivity index (χ0n) is 9.00. The van der Waals surface area contributed by atoms with Crippen LogP contribution in [0.25, 0.3) is 0 Å². The molecular formula is C13H7F4N. The van der Waals surface area contributed by atoms with Gasteiger partial charge in [-0.25, -0.2) is 17.6 Å². The first kappa shape index (κ1) is 12.3. The average molecular weight is 253 g/mol. The Hall–Kier alpha value is -2.17. The Morgan fingerprint density at radius 1 is 0.833 bits per heavy atom. The Bertz CT molecular complexity index is 585. The van der Waals surface area contributed by atoms with E-state index in [0.29, 0.717) is 12.1 Å². The molecule has 0 aromatic heterocycles. The Kier molecular flexibility index (Phi) is 3.41. The SMILES string of the molecule is Fc1cccc(N=Cc2c(F)cc(F)cc2F)c1. The van der Waals surface area contributed by atoms with Gasteiger partial charge in [-0.05, 0) is 18.2 Å². The second kappa shape index (κ2) is 5.00. The molecular weight excluding hydrogens is 246 g/mol. The van der Waals surface area contributed by atoms with Crippen molar-refractivity contribution in [1.82, 2.24) is 0 Å². The van der Waals surface area contributed by atoms with E-state index in [1.807, 2.05) is 0 Å². The molecule has 0 saturated heterocycles. The first-order valence-corrected chi connectivity index (χ1v) is 5.00. The molecule has 0 atom stereocenters. The number of benzene rings is 2. The lowest BCUT2D eigenvalue weighted by molar-refractivity contribution is 0.541. The van der Waals surface area contributed by atoms with E-state index in [1.165, 1.54) is 18.2 Å². The van der Waals surface area contributed by atoms with Crippen molar-refractivity contribution in [3.8, 4) is 0 Å². The molecule has 0 spiro atoms. The van der Waals surface area contributed by atoms with Crippen molar-refractivity contribution in [2.45, 2.75) is 0 Å². The van der Waals surface area contributed by atoms with Crippen LogP contribution in [0.15, 0.2) is 41.4 Å². The van der Waals surface area contributed by atoms with Gasteiger partial charge in [0.1, 0.15) is 23.3 Å². The van der Waals surface area contributed by atoms with Gasteiger partial charge in [-0.15, -0.1) is 0 Å². The van der Waals surface area contributed by atoms with Gasteiger partial charge in [0.15, 0.2) is 0 Å². The van der Waals surface area contributed by atoms with Crippen LogP contribution < -0.4 is 0 Å². The monoisotopic (exact) mass is 253 g/mol. The largest absolute Gasteiger partial charge is 0.256 e. The molecule has 0 radical (unpaired) electrons. The number of hydrogen-bond acceptors (Lipinski definition) is 1. The molecule has 0 amide bonds. The molecule has 2 aromatic carbocycles. The molecule has 0 N–H and O–H groups in total. The van der Waals surface area contributed by atoms with Crippen LogP contribution in [0.2, 0.25) is 0 Å². The number of hydrogen-bond donors (Lipinski definition) is 0. The van der Waals surface area contributed by atoms with E-state index in [-0.39, 0.29) is 5.69 Å². The van der Waals surface area contributed by atoms with Crippen molar-refractivity contribution in [3.63, 3.8) is 0 Å². The number of halogens is 4. The van der Waals surface area contributed by atoms with Crippen LogP contribution in [0.3, 0.4) is 0 Å². The van der Waals surface area contributed by atoms with Crippen molar-refractivity contribution in [2.24, 2.45) is 4.99 Å². The maximum atomic E-state index is 13.2. The predicted octanol–water partition coefficient (Wildman–Crippen LogP) is 3.99. The summed E-state index contributed by atoms with van der Waals surface area (Å²) in [4.78, 5) is 3.72. The molecule has 92 valence electrons. The van der Waals surface area contributed by atoms with Crippen LogP contribution >= 0.6 is 0 Å². The molecule has 2 aromatic rings. The average Bonchev–Trinajstić information content (AvgIpc) is 2.27. The molecule has 0 aliphatic carbocycles. The van der Waals surface area contributed by atoms with Gasteiger partial charge in [-0.1, -0.05) is 6.07 Å². The van der Waals surface area contributed by atoms with E-state index >= 15 is 0 Å². The lowest BCUT2D eigenvalue weighted by Crippen LogP contribution is -1.95. The van der Waals surface area contributed by atoms with Crippen LogP contribution in [0.4, 0.5) is 23.2 Å². The smallest absolute Gasteiger partial charge is 0.137 e. The maximum Gasteiger partial charge on any atom is 0.137 e. The summed E-state index contributed by atoms with van der Waals surface area (Å²) in [6.45, 7) is 0. The fourth-order valence-electron chi connectivity index (χ4n) is 1.37. The summed E-state index contributed by atoms with van der Waals surface area (Å²) in [7, 11) is 0. The van der Waals surface area contributed by atoms with Gasteiger partial charge in [0.05, 0.1) is 11.3 Å². The zero-order valence-corrected chi connectivity index (χ0v) is 9.00. The Morgan fingerprint density at radius 3 is 2.11 bits per heavy atom. The summed E-state index contributed by atoms with van der Waals surface area (Å²) in [6, 6.07) is 6.32. The highest BCUT2D eigenvalue weighted by Crippen LogP contribution is 2.16. The van der Waals surface area contributed by atoms with Gasteiger partial charge in [0.25, 0.3) is 0 Å². The standard InChI is InChI=1S/C13H7F4N/c14-8-2-1-3-10(4-8)18-7-11-12(16)5-9(15)6-13(11)17/h1-7H. The third kappa shape index (κ3) is 2.74. The highest BCUT2D eigenvalue weighted by atomic mass is 19.1. The normalized spacial score (nSPS) is 11.1. The Balaban J connectivity index is 2.35. The second-order valence-electron chi connectivity index (χ2n) is 3.52. The minimum atomic E-state index is -1.06. The quantitative estimate of drug-likeness (QED) is 0.566. The van der Waals surface area contributed by atoms with Gasteiger partial charge < -0.3 is 0 Å². The van der Waals surface area contributed by atoms with E-state index in [0.717, 1.165) is 12.3 Å². The first-order valence-electron chi connectivity index (χ1n) is 5.00. The number of aliphatic imine (C=N–C) groups is 1. The summed E-state index contributed by atoms with van der Waals surface area (Å²) in [5.41, 5.74) is -0.265. The summed E-state index contributed by atoms with van der Waals surface area (Å²) in [5.74, 6) is -3.64. The highest BCUT2D eigenvalue weighted by molar-refractivity contribution is 5.82. The third-order valence-corrected chi connectivity index (χ3v) is 2.19. The van der Waals surface area contributed by atoms with Crippen molar-refractivity contribution in [3.05, 3.63) is 65.2 Å². The second-order valence-corrected chi connectivity index (χ2v) is 3.52. The van der Waals surface area contributed by atoms with Crippen molar-refractivity contribution in [2.75, 3.05) is 0 Å². The molecule has 18 heavy (non-hydrogen) atoms. The molecule has 5 heteroatoms. The van der Waals surface area contributed by atoms with Crippen LogP contribution in [0, 0.1) is 23.3 Å². The van der Waals surface area contributed by atoms with Crippen molar-refractivity contribution in [1.29, 1.82) is 0 Å². The van der Waals surface area contributed by atoms with Crippen LogP contribution in [-0.2, 0) is 0 Å². The molecule has 0 fully saturated rings. The summed E-state index contributed by atoms with van der Waals surface area (Å²) < 4.78 is 52.0. The molecule has 0 heterocycles. The molecule has 0 aliphatic heterocycles. The van der Waals surface area contributed by atoms with E-state index in [4.69, 9.17) is 0 Å². The lowest BCUT2D eigenvalue weighted by atomic mass is 10.2. The fourth-order valence-corrected chi connectivity index (χ4v) is 1.37. The number of nitrogens with zero attached hydrogens (tertiary/aromatic N) is 1. The predicted molar refractivity (Wildman–Crippen MR) is 60.0 cm³/mol.